The predicted molar refractivity (Wildman–Crippen MR) is 53.2 cm³/mol. The maximum Gasteiger partial charge on any atom is 0.257 e. The Morgan fingerprint density at radius 1 is 1.54 bits per heavy atom. The molecule has 0 saturated carbocycles. The zero-order chi connectivity index (χ0) is 10.1. The highest BCUT2D eigenvalue weighted by Gasteiger charge is 1.98. The number of carbonyl (C=O) groups excluding carboxylic acids is 1. The quantitative estimate of drug-likeness (QED) is 0.519. The van der Waals surface area contributed by atoms with E-state index in [2.05, 4.69) is 5.32 Å². The van der Waals surface area contributed by atoms with Gasteiger partial charge in [0.25, 0.3) is 5.91 Å². The average molecular weight is 183 g/mol. The Morgan fingerprint density at radius 3 is 2.69 bits per heavy atom. The van der Waals surface area contributed by atoms with Gasteiger partial charge in [-0.3, -0.25) is 4.79 Å². The number of ether oxygens (including phenoxy) is 1. The smallest absolute Gasteiger partial charge is 0.257 e. The summed E-state index contributed by atoms with van der Waals surface area (Å²) in [6.07, 6.45) is 6.55. The van der Waals surface area contributed by atoms with Crippen molar-refractivity contribution in [1.29, 1.82) is 0 Å². The van der Waals surface area contributed by atoms with Gasteiger partial charge in [-0.05, 0) is 25.5 Å². The number of rotatable bonds is 5. The molecule has 0 aromatic carbocycles. The second-order valence-corrected chi connectivity index (χ2v) is 2.48. The Kier molecular flexibility index (Phi) is 6.69. The van der Waals surface area contributed by atoms with Crippen molar-refractivity contribution < 1.29 is 9.53 Å². The molecular weight excluding hydrogens is 166 g/mol. The van der Waals surface area contributed by atoms with Gasteiger partial charge in [0.2, 0.25) is 0 Å². The van der Waals surface area contributed by atoms with E-state index in [-0.39, 0.29) is 12.5 Å². The molecule has 0 radical (unpaired) electrons. The number of nitrogens with one attached hydrogen (secondary N) is 1. The van der Waals surface area contributed by atoms with Crippen LogP contribution in [0.25, 0.3) is 0 Å². The van der Waals surface area contributed by atoms with Crippen molar-refractivity contribution in [3.8, 4) is 0 Å². The summed E-state index contributed by atoms with van der Waals surface area (Å²) in [5.41, 5.74) is 0. The second-order valence-electron chi connectivity index (χ2n) is 2.48. The Morgan fingerprint density at radius 2 is 2.23 bits per heavy atom. The lowest BCUT2D eigenvalue weighted by atomic mass is 10.3. The summed E-state index contributed by atoms with van der Waals surface area (Å²) in [5.74, 6) is 0.625. The molecule has 0 aliphatic heterocycles. The first kappa shape index (κ1) is 11.8. The molecule has 0 rings (SSSR count). The lowest BCUT2D eigenvalue weighted by Crippen LogP contribution is -2.22. The third kappa shape index (κ3) is 5.96. The number of hydrogen-bond acceptors (Lipinski definition) is 2. The number of hydrogen-bond donors (Lipinski definition) is 1. The maximum absolute atomic E-state index is 10.8. The summed E-state index contributed by atoms with van der Waals surface area (Å²) < 4.78 is 5.24. The monoisotopic (exact) mass is 183 g/mol. The van der Waals surface area contributed by atoms with E-state index in [9.17, 15) is 4.79 Å². The van der Waals surface area contributed by atoms with Gasteiger partial charge in [0.15, 0.2) is 6.61 Å². The van der Waals surface area contributed by atoms with Gasteiger partial charge in [0, 0.05) is 7.05 Å². The van der Waals surface area contributed by atoms with E-state index in [4.69, 9.17) is 4.74 Å². The highest BCUT2D eigenvalue weighted by molar-refractivity contribution is 5.76. The summed E-state index contributed by atoms with van der Waals surface area (Å²) in [5, 5.41) is 2.49. The van der Waals surface area contributed by atoms with Gasteiger partial charge in [-0.2, -0.15) is 0 Å². The summed E-state index contributed by atoms with van der Waals surface area (Å²) in [6.45, 7) is 4.01. The minimum Gasteiger partial charge on any atom is -0.484 e. The van der Waals surface area contributed by atoms with Crippen molar-refractivity contribution in [3.05, 3.63) is 24.0 Å². The molecule has 1 N–H and O–H groups in total. The highest BCUT2D eigenvalue weighted by Crippen LogP contribution is 2.00. The van der Waals surface area contributed by atoms with Crippen LogP contribution in [0.4, 0.5) is 0 Å². The van der Waals surface area contributed by atoms with Crippen molar-refractivity contribution in [2.75, 3.05) is 13.7 Å². The van der Waals surface area contributed by atoms with E-state index in [1.54, 1.807) is 7.05 Å². The molecule has 0 aromatic rings. The first-order valence-corrected chi connectivity index (χ1v) is 4.40. The molecule has 1 amide bonds. The molecule has 0 fully saturated rings. The van der Waals surface area contributed by atoms with Crippen LogP contribution in [0.3, 0.4) is 0 Å². The van der Waals surface area contributed by atoms with Gasteiger partial charge < -0.3 is 10.1 Å². The molecule has 74 valence electrons. The largest absolute Gasteiger partial charge is 0.484 e. The summed E-state index contributed by atoms with van der Waals surface area (Å²) in [4.78, 5) is 10.8. The molecule has 3 heteroatoms. The standard InChI is InChI=1S/C10H17NO2/c1-4-6-9(7-5-2)13-8-10(12)11-3/h4,6-7H,5,8H2,1-3H3,(H,11,12)/b6-4-,9-7+. The van der Waals surface area contributed by atoms with E-state index >= 15 is 0 Å². The molecule has 0 aliphatic rings. The SMILES string of the molecule is C/C=C\C(=C/CC)OCC(=O)NC. The number of likely N-dealkylation sites (N-methyl/N-ethyl adjacent to an activating group) is 1. The summed E-state index contributed by atoms with van der Waals surface area (Å²) in [6, 6.07) is 0. The van der Waals surface area contributed by atoms with Crippen LogP contribution in [0.1, 0.15) is 20.3 Å². The number of allylic oxidation sites excluding steroid dienone is 3. The van der Waals surface area contributed by atoms with Crippen molar-refractivity contribution in [1.82, 2.24) is 5.32 Å². The molecular formula is C10H17NO2. The molecule has 0 atom stereocenters. The number of amides is 1. The minimum absolute atomic E-state index is 0.0761. The predicted octanol–water partition coefficient (Wildman–Crippen LogP) is 1.62. The molecule has 0 aliphatic carbocycles. The molecule has 0 aromatic heterocycles. The minimum atomic E-state index is -0.119. The average Bonchev–Trinajstić information content (AvgIpc) is 2.14. The van der Waals surface area contributed by atoms with Gasteiger partial charge in [-0.15, -0.1) is 0 Å². The van der Waals surface area contributed by atoms with Crippen LogP contribution in [0.15, 0.2) is 24.0 Å². The molecule has 0 saturated heterocycles. The third-order valence-corrected chi connectivity index (χ3v) is 1.39. The van der Waals surface area contributed by atoms with Crippen molar-refractivity contribution in [2.45, 2.75) is 20.3 Å². The first-order chi connectivity index (χ1) is 6.24. The van der Waals surface area contributed by atoms with Crippen LogP contribution in [0.5, 0.6) is 0 Å². The van der Waals surface area contributed by atoms with Crippen LogP contribution in [-0.4, -0.2) is 19.6 Å². The normalized spacial score (nSPS) is 11.8. The fourth-order valence-electron chi connectivity index (χ4n) is 0.762. The Bertz CT molecular complexity index is 207. The van der Waals surface area contributed by atoms with E-state index in [0.717, 1.165) is 12.2 Å². The second kappa shape index (κ2) is 7.40. The van der Waals surface area contributed by atoms with Gasteiger partial charge in [-0.25, -0.2) is 0 Å². The zero-order valence-electron chi connectivity index (χ0n) is 8.46. The van der Waals surface area contributed by atoms with E-state index in [0.29, 0.717) is 0 Å². The van der Waals surface area contributed by atoms with Crippen LogP contribution >= 0.6 is 0 Å². The molecule has 0 unspecified atom stereocenters. The molecule has 3 nitrogen and oxygen atoms in total. The maximum atomic E-state index is 10.8. The van der Waals surface area contributed by atoms with E-state index in [1.165, 1.54) is 0 Å². The summed E-state index contributed by atoms with van der Waals surface area (Å²) >= 11 is 0. The van der Waals surface area contributed by atoms with Crippen LogP contribution in [0.2, 0.25) is 0 Å². The highest BCUT2D eigenvalue weighted by atomic mass is 16.5. The summed E-state index contributed by atoms with van der Waals surface area (Å²) in [7, 11) is 1.59. The van der Waals surface area contributed by atoms with Crippen LogP contribution in [0, 0.1) is 0 Å². The van der Waals surface area contributed by atoms with E-state index < -0.39 is 0 Å². The topological polar surface area (TPSA) is 38.3 Å². The molecule has 0 spiro atoms. The van der Waals surface area contributed by atoms with Gasteiger partial charge in [0.05, 0.1) is 0 Å². The van der Waals surface area contributed by atoms with Gasteiger partial charge in [0.1, 0.15) is 5.76 Å². The lowest BCUT2D eigenvalue weighted by molar-refractivity contribution is -0.123. The lowest BCUT2D eigenvalue weighted by Gasteiger charge is -2.05. The fraction of sp³-hybridized carbons (Fsp3) is 0.500. The fourth-order valence-corrected chi connectivity index (χ4v) is 0.762. The van der Waals surface area contributed by atoms with Crippen molar-refractivity contribution >= 4 is 5.91 Å². The van der Waals surface area contributed by atoms with Gasteiger partial charge >= 0.3 is 0 Å². The third-order valence-electron chi connectivity index (χ3n) is 1.39. The molecule has 0 bridgehead atoms. The Hall–Kier alpha value is -1.25. The van der Waals surface area contributed by atoms with Crippen molar-refractivity contribution in [2.24, 2.45) is 0 Å². The Labute approximate surface area is 79.5 Å². The van der Waals surface area contributed by atoms with Crippen LogP contribution < -0.4 is 5.32 Å². The van der Waals surface area contributed by atoms with Crippen LogP contribution in [-0.2, 0) is 9.53 Å². The molecule has 13 heavy (non-hydrogen) atoms. The van der Waals surface area contributed by atoms with Crippen molar-refractivity contribution in [3.63, 3.8) is 0 Å². The Balaban J connectivity index is 3.97. The van der Waals surface area contributed by atoms with Gasteiger partial charge in [-0.1, -0.05) is 13.0 Å². The van der Waals surface area contributed by atoms with E-state index in [1.807, 2.05) is 32.1 Å². The molecule has 0 heterocycles. The number of carbonyl (C=O) groups is 1. The first-order valence-electron chi connectivity index (χ1n) is 4.40. The zero-order valence-corrected chi connectivity index (χ0v) is 8.46.